The van der Waals surface area contributed by atoms with Gasteiger partial charge in [0, 0.05) is 38.4 Å². The number of rotatable bonds is 8. The second kappa shape index (κ2) is 9.74. The van der Waals surface area contributed by atoms with Gasteiger partial charge in [-0.3, -0.25) is 19.3 Å². The number of nitrogens with one attached hydrogen (secondary N) is 2. The number of morpholine rings is 1. The lowest BCUT2D eigenvalue weighted by Crippen LogP contribution is -2.56. The van der Waals surface area contributed by atoms with Crippen LogP contribution in [0.2, 0.25) is 0 Å². The average molecular weight is 501 g/mol. The molecular formula is C26H36N4O6. The molecule has 1 aromatic carbocycles. The quantitative estimate of drug-likeness (QED) is 0.462. The van der Waals surface area contributed by atoms with Crippen LogP contribution in [-0.4, -0.2) is 102 Å². The van der Waals surface area contributed by atoms with Crippen molar-refractivity contribution in [3.8, 4) is 0 Å². The van der Waals surface area contributed by atoms with Crippen molar-refractivity contribution >= 4 is 23.4 Å². The predicted octanol–water partition coefficient (Wildman–Crippen LogP) is 0.0765. The van der Waals surface area contributed by atoms with E-state index in [0.29, 0.717) is 38.4 Å². The summed E-state index contributed by atoms with van der Waals surface area (Å²) in [5.41, 5.74) is -1.34. The first-order chi connectivity index (χ1) is 17.3. The van der Waals surface area contributed by atoms with E-state index in [0.717, 1.165) is 13.1 Å². The summed E-state index contributed by atoms with van der Waals surface area (Å²) in [5, 5.41) is 15.7. The van der Waals surface area contributed by atoms with Crippen LogP contribution in [0, 0.1) is 17.8 Å². The van der Waals surface area contributed by atoms with Crippen molar-refractivity contribution < 1.29 is 29.0 Å². The van der Waals surface area contributed by atoms with Gasteiger partial charge in [0.25, 0.3) is 0 Å². The fourth-order valence-corrected chi connectivity index (χ4v) is 6.79. The van der Waals surface area contributed by atoms with Gasteiger partial charge >= 0.3 is 0 Å². The number of hydrogen-bond donors (Lipinski definition) is 3. The molecule has 0 aromatic heterocycles. The van der Waals surface area contributed by atoms with Crippen LogP contribution in [0.25, 0.3) is 0 Å². The standard InChI is InChI=1S/C26H36N4O6/c1-17-16-26-20(19(25(17,2)36-26)22(32)28-18-6-4-3-5-7-18)24(34)30(10-13-31)21(26)23(33)27-8-9-29-11-14-35-15-12-29/h3-7,17,19-21,31H,8-16H2,1-2H3,(H,27,33)(H,28,32)/t17?,19-,20+,21?,25+,26?/m1/s1. The first-order valence-electron chi connectivity index (χ1n) is 12.9. The molecule has 2 bridgehead atoms. The molecule has 0 aliphatic carbocycles. The zero-order valence-corrected chi connectivity index (χ0v) is 20.9. The van der Waals surface area contributed by atoms with Crippen LogP contribution in [-0.2, 0) is 23.9 Å². The number of benzene rings is 1. The highest BCUT2D eigenvalue weighted by molar-refractivity contribution is 6.02. The molecule has 4 aliphatic heterocycles. The molecule has 3 amide bonds. The van der Waals surface area contributed by atoms with Crippen LogP contribution in [0.5, 0.6) is 0 Å². The van der Waals surface area contributed by atoms with Crippen molar-refractivity contribution in [1.82, 2.24) is 15.1 Å². The number of β-amino-alcohol motifs (C(OH)–C–C–N with tert-alkyl or cyclic N) is 1. The molecule has 1 spiro atoms. The number of anilines is 1. The van der Waals surface area contributed by atoms with E-state index in [1.807, 2.05) is 32.0 Å². The SMILES string of the molecule is CC1CC23O[C@]1(C)[C@@H](C(=O)Nc1ccccc1)[C@H]2C(=O)N(CCO)C3C(=O)NCCN1CCOCC1. The van der Waals surface area contributed by atoms with Gasteiger partial charge in [-0.25, -0.2) is 0 Å². The van der Waals surface area contributed by atoms with Crippen LogP contribution in [0.15, 0.2) is 30.3 Å². The normalized spacial score (nSPS) is 35.6. The predicted molar refractivity (Wildman–Crippen MR) is 131 cm³/mol. The molecule has 3 N–H and O–H groups in total. The van der Waals surface area contributed by atoms with Crippen molar-refractivity contribution in [2.24, 2.45) is 17.8 Å². The zero-order chi connectivity index (χ0) is 25.5. The monoisotopic (exact) mass is 500 g/mol. The molecular weight excluding hydrogens is 464 g/mol. The zero-order valence-electron chi connectivity index (χ0n) is 20.9. The van der Waals surface area contributed by atoms with E-state index < -0.39 is 29.1 Å². The summed E-state index contributed by atoms with van der Waals surface area (Å²) in [6, 6.07) is 8.23. The largest absolute Gasteiger partial charge is 0.395 e. The molecule has 5 rings (SSSR count). The fourth-order valence-electron chi connectivity index (χ4n) is 6.79. The molecule has 4 aliphatic rings. The summed E-state index contributed by atoms with van der Waals surface area (Å²) >= 11 is 0. The van der Waals surface area contributed by atoms with E-state index in [1.54, 1.807) is 12.1 Å². The Kier molecular flexibility index (Phi) is 6.80. The molecule has 0 saturated carbocycles. The third-order valence-electron chi connectivity index (χ3n) is 8.56. The minimum absolute atomic E-state index is 0.0140. The Bertz CT molecular complexity index is 1000. The van der Waals surface area contributed by atoms with E-state index in [4.69, 9.17) is 9.47 Å². The molecule has 4 heterocycles. The highest BCUT2D eigenvalue weighted by atomic mass is 16.5. The lowest BCUT2D eigenvalue weighted by molar-refractivity contribution is -0.146. The summed E-state index contributed by atoms with van der Waals surface area (Å²) in [7, 11) is 0. The van der Waals surface area contributed by atoms with Gasteiger partial charge in [0.1, 0.15) is 11.6 Å². The number of fused-ring (bicyclic) bond motifs is 1. The number of hydrogen-bond acceptors (Lipinski definition) is 7. The second-order valence-electron chi connectivity index (χ2n) is 10.6. The first-order valence-corrected chi connectivity index (χ1v) is 12.9. The number of nitrogens with zero attached hydrogens (tertiary/aromatic N) is 2. The van der Waals surface area contributed by atoms with Crippen molar-refractivity contribution in [2.45, 2.75) is 37.5 Å². The molecule has 4 fully saturated rings. The van der Waals surface area contributed by atoms with E-state index >= 15 is 0 Å². The summed E-state index contributed by atoms with van der Waals surface area (Å²) in [5.74, 6) is -2.46. The topological polar surface area (TPSA) is 120 Å². The van der Waals surface area contributed by atoms with Crippen molar-refractivity contribution in [3.05, 3.63) is 30.3 Å². The molecule has 6 atom stereocenters. The number of aliphatic hydroxyl groups is 1. The Balaban J connectivity index is 1.40. The van der Waals surface area contributed by atoms with E-state index in [1.165, 1.54) is 4.90 Å². The van der Waals surface area contributed by atoms with Crippen molar-refractivity contribution in [1.29, 1.82) is 0 Å². The maximum atomic E-state index is 13.8. The van der Waals surface area contributed by atoms with Crippen molar-refractivity contribution in [3.63, 3.8) is 0 Å². The molecule has 0 radical (unpaired) electrons. The summed E-state index contributed by atoms with van der Waals surface area (Å²) in [6.07, 6.45) is 0.499. The van der Waals surface area contributed by atoms with Gasteiger partial charge in [-0.05, 0) is 31.4 Å². The Morgan fingerprint density at radius 3 is 2.56 bits per heavy atom. The molecule has 36 heavy (non-hydrogen) atoms. The highest BCUT2D eigenvalue weighted by Crippen LogP contribution is 2.65. The minimum atomic E-state index is -1.11. The summed E-state index contributed by atoms with van der Waals surface area (Å²) in [4.78, 5) is 44.6. The number of likely N-dealkylation sites (tertiary alicyclic amines) is 1. The molecule has 3 unspecified atom stereocenters. The van der Waals surface area contributed by atoms with Gasteiger partial charge in [-0.1, -0.05) is 25.1 Å². The number of amides is 3. The molecule has 1 aromatic rings. The van der Waals surface area contributed by atoms with Gasteiger partial charge < -0.3 is 30.1 Å². The Morgan fingerprint density at radius 2 is 1.86 bits per heavy atom. The number of carbonyl (C=O) groups excluding carboxylic acids is 3. The lowest BCUT2D eigenvalue weighted by atomic mass is 9.62. The Labute approximate surface area is 211 Å². The first kappa shape index (κ1) is 25.1. The molecule has 196 valence electrons. The Hall–Kier alpha value is -2.53. The molecule has 10 nitrogen and oxygen atoms in total. The summed E-state index contributed by atoms with van der Waals surface area (Å²) in [6.45, 7) is 7.74. The van der Waals surface area contributed by atoms with E-state index in [-0.39, 0.29) is 36.8 Å². The van der Waals surface area contributed by atoms with E-state index in [2.05, 4.69) is 15.5 Å². The molecule has 4 saturated heterocycles. The fraction of sp³-hybridized carbons (Fsp3) is 0.654. The maximum absolute atomic E-state index is 13.8. The lowest BCUT2D eigenvalue weighted by Gasteiger charge is -2.36. The maximum Gasteiger partial charge on any atom is 0.245 e. The molecule has 10 heteroatoms. The van der Waals surface area contributed by atoms with E-state index in [9.17, 15) is 19.5 Å². The van der Waals surface area contributed by atoms with Gasteiger partial charge in [-0.2, -0.15) is 0 Å². The van der Waals surface area contributed by atoms with Crippen LogP contribution in [0.1, 0.15) is 20.3 Å². The highest BCUT2D eigenvalue weighted by Gasteiger charge is 2.79. The number of ether oxygens (including phenoxy) is 2. The van der Waals surface area contributed by atoms with Crippen LogP contribution < -0.4 is 10.6 Å². The van der Waals surface area contributed by atoms with Gasteiger partial charge in [0.2, 0.25) is 17.7 Å². The van der Waals surface area contributed by atoms with Crippen LogP contribution in [0.4, 0.5) is 5.69 Å². The third-order valence-corrected chi connectivity index (χ3v) is 8.56. The smallest absolute Gasteiger partial charge is 0.245 e. The van der Waals surface area contributed by atoms with Gasteiger partial charge in [-0.15, -0.1) is 0 Å². The number of carbonyl (C=O) groups is 3. The number of para-hydroxylation sites is 1. The van der Waals surface area contributed by atoms with Crippen LogP contribution >= 0.6 is 0 Å². The van der Waals surface area contributed by atoms with Gasteiger partial charge in [0.05, 0.1) is 37.3 Å². The third kappa shape index (κ3) is 4.00. The van der Waals surface area contributed by atoms with Crippen LogP contribution in [0.3, 0.4) is 0 Å². The summed E-state index contributed by atoms with van der Waals surface area (Å²) < 4.78 is 12.0. The minimum Gasteiger partial charge on any atom is -0.395 e. The Morgan fingerprint density at radius 1 is 1.14 bits per heavy atom. The van der Waals surface area contributed by atoms with Gasteiger partial charge in [0.15, 0.2) is 0 Å². The average Bonchev–Trinajstić information content (AvgIpc) is 3.37. The number of aliphatic hydroxyl groups excluding tert-OH is 1. The second-order valence-corrected chi connectivity index (χ2v) is 10.6. The van der Waals surface area contributed by atoms with Crippen molar-refractivity contribution in [2.75, 3.05) is 57.9 Å².